The third kappa shape index (κ3) is 6.97. The first kappa shape index (κ1) is 37.5. The van der Waals surface area contributed by atoms with Crippen molar-refractivity contribution in [3.63, 3.8) is 0 Å². The zero-order valence-electron chi connectivity index (χ0n) is 32.2. The molecule has 2 aromatic carbocycles. The van der Waals surface area contributed by atoms with E-state index < -0.39 is 5.82 Å². The van der Waals surface area contributed by atoms with Gasteiger partial charge in [-0.05, 0) is 123 Å². The second-order valence-corrected chi connectivity index (χ2v) is 17.9. The molecular formula is C45H58FN3O5. The molecule has 2 amide bonds. The maximum absolute atomic E-state index is 15.0. The zero-order valence-corrected chi connectivity index (χ0v) is 32.2. The zero-order chi connectivity index (χ0) is 37.6. The molecule has 8 atom stereocenters. The second-order valence-electron chi connectivity index (χ2n) is 17.9. The number of halogens is 1. The number of amides is 2. The van der Waals surface area contributed by atoms with Gasteiger partial charge in [-0.1, -0.05) is 44.2 Å². The topological polar surface area (TPSA) is 99.5 Å². The van der Waals surface area contributed by atoms with E-state index in [1.54, 1.807) is 23.1 Å². The molecule has 1 saturated heterocycles. The fourth-order valence-electron chi connectivity index (χ4n) is 12.1. The SMILES string of the molecule is C[C@]12CC[C@H](O)C[C@@H]1CC[C@@H]1[C@@H]2CC[C@]2(C)[C@@H](OCCCCC(=O)N3CCN(C(=O)c4cc(CC5=NCC(=O)c6ccccc65)ccc4F)CC3)CC[C@@H]12. The Hall–Kier alpha value is -3.43. The maximum Gasteiger partial charge on any atom is 0.256 e. The summed E-state index contributed by atoms with van der Waals surface area (Å²) in [6, 6.07) is 12.0. The molecule has 5 fully saturated rings. The normalized spacial score (nSPS) is 33.3. The first-order valence-electron chi connectivity index (χ1n) is 20.9. The van der Waals surface area contributed by atoms with Crippen LogP contribution in [0.4, 0.5) is 4.39 Å². The van der Waals surface area contributed by atoms with Gasteiger partial charge in [0, 0.05) is 62.5 Å². The lowest BCUT2D eigenvalue weighted by molar-refractivity contribution is -0.141. The summed E-state index contributed by atoms with van der Waals surface area (Å²) in [5.41, 5.74) is 3.60. The molecule has 8 rings (SSSR count). The molecule has 9 heteroatoms. The number of nitrogens with zero attached hydrogens (tertiary/aromatic N) is 3. The molecule has 8 nitrogen and oxygen atoms in total. The van der Waals surface area contributed by atoms with Gasteiger partial charge in [-0.25, -0.2) is 4.39 Å². The fourth-order valence-corrected chi connectivity index (χ4v) is 12.1. The van der Waals surface area contributed by atoms with Gasteiger partial charge in [0.15, 0.2) is 5.78 Å². The van der Waals surface area contributed by atoms with Crippen LogP contribution in [0.2, 0.25) is 0 Å². The number of ketones is 1. The molecule has 0 bridgehead atoms. The number of piperazine rings is 1. The van der Waals surface area contributed by atoms with Crippen LogP contribution in [0, 0.1) is 40.3 Å². The summed E-state index contributed by atoms with van der Waals surface area (Å²) in [6.07, 6.45) is 13.4. The van der Waals surface area contributed by atoms with Gasteiger partial charge in [-0.2, -0.15) is 0 Å². The van der Waals surface area contributed by atoms with Crippen LogP contribution in [0.1, 0.15) is 123 Å². The van der Waals surface area contributed by atoms with Gasteiger partial charge in [0.25, 0.3) is 5.91 Å². The Morgan fingerprint density at radius 3 is 2.44 bits per heavy atom. The van der Waals surface area contributed by atoms with Crippen molar-refractivity contribution in [2.45, 2.75) is 110 Å². The molecule has 54 heavy (non-hydrogen) atoms. The number of aliphatic imine (C=N–C) groups is 1. The van der Waals surface area contributed by atoms with Gasteiger partial charge >= 0.3 is 0 Å². The molecule has 1 N–H and O–H groups in total. The van der Waals surface area contributed by atoms with Crippen LogP contribution < -0.4 is 0 Å². The first-order chi connectivity index (χ1) is 26.0. The Labute approximate surface area is 319 Å². The molecule has 6 aliphatic rings. The number of Topliss-reactive ketones (excluding diaryl/α,β-unsaturated/α-hetero) is 1. The van der Waals surface area contributed by atoms with Crippen molar-refractivity contribution < 1.29 is 28.6 Å². The second kappa shape index (κ2) is 15.2. The van der Waals surface area contributed by atoms with Gasteiger partial charge in [-0.3, -0.25) is 19.4 Å². The Bertz CT molecular complexity index is 1790. The van der Waals surface area contributed by atoms with Gasteiger partial charge in [0.1, 0.15) is 12.4 Å². The number of hydrogen-bond donors (Lipinski definition) is 1. The number of ether oxygens (including phenoxy) is 1. The summed E-state index contributed by atoms with van der Waals surface area (Å²) in [5, 5.41) is 10.4. The quantitative estimate of drug-likeness (QED) is 0.273. The minimum atomic E-state index is -0.567. The molecular weight excluding hydrogens is 682 g/mol. The monoisotopic (exact) mass is 739 g/mol. The largest absolute Gasteiger partial charge is 0.393 e. The highest BCUT2D eigenvalue weighted by Crippen LogP contribution is 2.66. The molecule has 2 heterocycles. The predicted molar refractivity (Wildman–Crippen MR) is 206 cm³/mol. The number of hydrogen-bond acceptors (Lipinski definition) is 6. The van der Waals surface area contributed by atoms with E-state index in [9.17, 15) is 23.9 Å². The van der Waals surface area contributed by atoms with Gasteiger partial charge in [-0.15, -0.1) is 0 Å². The number of benzene rings is 2. The molecule has 0 spiro atoms. The van der Waals surface area contributed by atoms with Crippen molar-refractivity contribution >= 4 is 23.3 Å². The summed E-state index contributed by atoms with van der Waals surface area (Å²) in [5.74, 6) is 2.16. The number of fused-ring (bicyclic) bond motifs is 6. The summed E-state index contributed by atoms with van der Waals surface area (Å²) < 4.78 is 21.6. The van der Waals surface area contributed by atoms with Crippen LogP contribution in [0.15, 0.2) is 47.5 Å². The lowest BCUT2D eigenvalue weighted by Gasteiger charge is -2.60. The molecule has 0 aromatic heterocycles. The number of unbranched alkanes of at least 4 members (excludes halogenated alkanes) is 1. The Kier molecular flexibility index (Phi) is 10.6. The smallest absolute Gasteiger partial charge is 0.256 e. The summed E-state index contributed by atoms with van der Waals surface area (Å²) >= 11 is 0. The van der Waals surface area contributed by atoms with Gasteiger partial charge in [0.05, 0.1) is 17.8 Å². The third-order valence-corrected chi connectivity index (χ3v) is 15.2. The summed E-state index contributed by atoms with van der Waals surface area (Å²) in [4.78, 5) is 46.9. The molecule has 0 unspecified atom stereocenters. The lowest BCUT2D eigenvalue weighted by Crippen LogP contribution is -2.54. The van der Waals surface area contributed by atoms with E-state index in [4.69, 9.17) is 4.74 Å². The van der Waals surface area contributed by atoms with Crippen LogP contribution in [-0.2, 0) is 16.0 Å². The van der Waals surface area contributed by atoms with Crippen LogP contribution >= 0.6 is 0 Å². The first-order valence-corrected chi connectivity index (χ1v) is 20.9. The van der Waals surface area contributed by atoms with Crippen molar-refractivity contribution in [3.05, 3.63) is 70.5 Å². The highest BCUT2D eigenvalue weighted by molar-refractivity contribution is 6.15. The number of carbonyl (C=O) groups is 3. The van der Waals surface area contributed by atoms with E-state index in [1.807, 2.05) is 23.1 Å². The van der Waals surface area contributed by atoms with E-state index in [1.165, 1.54) is 44.6 Å². The van der Waals surface area contributed by atoms with Crippen LogP contribution in [0.5, 0.6) is 0 Å². The van der Waals surface area contributed by atoms with Crippen molar-refractivity contribution in [1.82, 2.24) is 9.80 Å². The minimum Gasteiger partial charge on any atom is -0.393 e. The van der Waals surface area contributed by atoms with Crippen molar-refractivity contribution in [2.75, 3.05) is 39.3 Å². The van der Waals surface area contributed by atoms with Gasteiger partial charge < -0.3 is 19.6 Å². The number of rotatable bonds is 9. The number of aliphatic hydroxyl groups excluding tert-OH is 1. The highest BCUT2D eigenvalue weighted by atomic mass is 19.1. The van der Waals surface area contributed by atoms with Crippen LogP contribution in [0.3, 0.4) is 0 Å². The van der Waals surface area contributed by atoms with E-state index in [-0.39, 0.29) is 41.2 Å². The highest BCUT2D eigenvalue weighted by Gasteiger charge is 2.60. The van der Waals surface area contributed by atoms with E-state index in [2.05, 4.69) is 18.8 Å². The molecule has 4 saturated carbocycles. The fraction of sp³-hybridized carbons (Fsp3) is 0.644. The molecule has 0 radical (unpaired) electrons. The third-order valence-electron chi connectivity index (χ3n) is 15.2. The standard InChI is InChI=1S/C45H58FN3O5/c1-44-18-16-31(50)27-30(44)11-12-34-36-13-15-41(45(36,2)19-17-37(34)44)54-24-6-5-9-42(52)48-20-22-49(23-21-48)43(53)35-25-29(10-14-38(35)46)26-39-32-7-3-4-8-33(32)40(51)28-47-39/h3-4,7-8,10,14,25,30-31,34,36-37,41,50H,5-6,9,11-13,15-24,26-28H2,1-2H3/t30-,31-,34-,36-,37-,41-,44-,45-/m0/s1. The van der Waals surface area contributed by atoms with Crippen molar-refractivity contribution in [3.8, 4) is 0 Å². The van der Waals surface area contributed by atoms with Crippen molar-refractivity contribution in [1.29, 1.82) is 0 Å². The van der Waals surface area contributed by atoms with E-state index >= 15 is 0 Å². The van der Waals surface area contributed by atoms with Crippen molar-refractivity contribution in [2.24, 2.45) is 39.5 Å². The van der Waals surface area contributed by atoms with Crippen LogP contribution in [0.25, 0.3) is 0 Å². The predicted octanol–water partition coefficient (Wildman–Crippen LogP) is 7.30. The number of carbonyl (C=O) groups excluding carboxylic acids is 3. The Morgan fingerprint density at radius 1 is 0.889 bits per heavy atom. The van der Waals surface area contributed by atoms with E-state index in [0.29, 0.717) is 68.6 Å². The average molecular weight is 740 g/mol. The van der Waals surface area contributed by atoms with Crippen LogP contribution in [-0.4, -0.2) is 89.8 Å². The molecule has 4 aliphatic carbocycles. The average Bonchev–Trinajstić information content (AvgIpc) is 3.52. The Morgan fingerprint density at radius 2 is 1.63 bits per heavy atom. The lowest BCUT2D eigenvalue weighted by atomic mass is 9.45. The molecule has 2 aliphatic heterocycles. The maximum atomic E-state index is 15.0. The summed E-state index contributed by atoms with van der Waals surface area (Å²) in [7, 11) is 0. The molecule has 290 valence electrons. The van der Waals surface area contributed by atoms with Gasteiger partial charge in [0.2, 0.25) is 5.91 Å². The van der Waals surface area contributed by atoms with E-state index in [0.717, 1.165) is 66.7 Å². The molecule has 2 aromatic rings. The minimum absolute atomic E-state index is 0.0190. The Balaban J connectivity index is 0.774. The summed E-state index contributed by atoms with van der Waals surface area (Å²) in [6.45, 7) is 7.44. The number of aliphatic hydroxyl groups is 1.